The van der Waals surface area contributed by atoms with Gasteiger partial charge in [0.25, 0.3) is 0 Å². The molecule has 0 bridgehead atoms. The van der Waals surface area contributed by atoms with E-state index >= 15 is 0 Å². The van der Waals surface area contributed by atoms with E-state index in [0.717, 1.165) is 0 Å². The fourth-order valence-electron chi connectivity index (χ4n) is 1.81. The molecular formula is C10H16INS. The molecule has 0 amide bonds. The lowest BCUT2D eigenvalue weighted by atomic mass is 10.1. The zero-order chi connectivity index (χ0) is 8.55. The van der Waals surface area contributed by atoms with Crippen molar-refractivity contribution in [3.8, 4) is 0 Å². The Balaban J connectivity index is 0.000000845. The smallest absolute Gasteiger partial charge is 0.0244 e. The van der Waals surface area contributed by atoms with Gasteiger partial charge in [-0.3, -0.25) is 4.90 Å². The molecule has 3 heteroatoms. The maximum absolute atomic E-state index is 2.51. The topological polar surface area (TPSA) is 3.24 Å². The van der Waals surface area contributed by atoms with E-state index in [9.17, 15) is 0 Å². The molecular weight excluding hydrogens is 293 g/mol. The van der Waals surface area contributed by atoms with Crippen molar-refractivity contribution in [1.82, 2.24) is 4.90 Å². The van der Waals surface area contributed by atoms with Crippen molar-refractivity contribution in [1.29, 1.82) is 0 Å². The Kier molecular flexibility index (Phi) is 4.19. The minimum absolute atomic E-state index is 0. The summed E-state index contributed by atoms with van der Waals surface area (Å²) < 4.78 is 0. The molecule has 0 aromatic carbocycles. The highest BCUT2D eigenvalue weighted by molar-refractivity contribution is 14.0. The second kappa shape index (κ2) is 4.75. The molecule has 0 unspecified atom stereocenters. The maximum Gasteiger partial charge on any atom is 0.0244 e. The van der Waals surface area contributed by atoms with Crippen molar-refractivity contribution < 1.29 is 0 Å². The van der Waals surface area contributed by atoms with Crippen LogP contribution in [0.5, 0.6) is 0 Å². The first-order chi connectivity index (χ1) is 5.79. The SMILES string of the molecule is CCN1CCc2sc(C)cc2C1.I. The molecule has 1 aliphatic heterocycles. The molecule has 0 saturated heterocycles. The largest absolute Gasteiger partial charge is 0.299 e. The normalized spacial score (nSPS) is 16.5. The molecule has 1 nitrogen and oxygen atoms in total. The van der Waals surface area contributed by atoms with E-state index in [1.165, 1.54) is 30.9 Å². The van der Waals surface area contributed by atoms with Crippen LogP contribution >= 0.6 is 35.3 Å². The summed E-state index contributed by atoms with van der Waals surface area (Å²) in [7, 11) is 0. The molecule has 2 heterocycles. The first-order valence-electron chi connectivity index (χ1n) is 4.60. The molecule has 0 radical (unpaired) electrons. The predicted molar refractivity (Wildman–Crippen MR) is 69.1 cm³/mol. The van der Waals surface area contributed by atoms with Crippen molar-refractivity contribution >= 4 is 35.3 Å². The summed E-state index contributed by atoms with van der Waals surface area (Å²) in [5.74, 6) is 0. The molecule has 2 rings (SSSR count). The van der Waals surface area contributed by atoms with Gasteiger partial charge in [-0.2, -0.15) is 0 Å². The number of halogens is 1. The van der Waals surface area contributed by atoms with Gasteiger partial charge in [-0.25, -0.2) is 0 Å². The lowest BCUT2D eigenvalue weighted by Gasteiger charge is -2.24. The summed E-state index contributed by atoms with van der Waals surface area (Å²) >= 11 is 1.98. The average Bonchev–Trinajstić information content (AvgIpc) is 2.43. The number of nitrogens with zero attached hydrogens (tertiary/aromatic N) is 1. The summed E-state index contributed by atoms with van der Waals surface area (Å²) in [5.41, 5.74) is 1.57. The molecule has 0 N–H and O–H groups in total. The monoisotopic (exact) mass is 309 g/mol. The predicted octanol–water partition coefficient (Wildman–Crippen LogP) is 3.05. The first kappa shape index (κ1) is 11.5. The molecule has 0 aliphatic carbocycles. The number of hydrogen-bond acceptors (Lipinski definition) is 2. The van der Waals surface area contributed by atoms with Crippen LogP contribution in [0, 0.1) is 6.92 Å². The van der Waals surface area contributed by atoms with Gasteiger partial charge < -0.3 is 0 Å². The fraction of sp³-hybridized carbons (Fsp3) is 0.600. The molecule has 0 spiro atoms. The maximum atomic E-state index is 2.51. The van der Waals surface area contributed by atoms with Crippen LogP contribution in [0.3, 0.4) is 0 Å². The second-order valence-corrected chi connectivity index (χ2v) is 4.77. The van der Waals surface area contributed by atoms with Crippen molar-refractivity contribution in [2.24, 2.45) is 0 Å². The Morgan fingerprint density at radius 3 is 3.00 bits per heavy atom. The van der Waals surface area contributed by atoms with E-state index in [1.54, 1.807) is 10.4 Å². The van der Waals surface area contributed by atoms with E-state index < -0.39 is 0 Å². The van der Waals surface area contributed by atoms with Crippen molar-refractivity contribution in [2.75, 3.05) is 13.1 Å². The van der Waals surface area contributed by atoms with Crippen molar-refractivity contribution in [2.45, 2.75) is 26.8 Å². The Morgan fingerprint density at radius 1 is 1.54 bits per heavy atom. The lowest BCUT2D eigenvalue weighted by molar-refractivity contribution is 0.270. The third-order valence-corrected chi connectivity index (χ3v) is 3.67. The number of thiophene rings is 1. The second-order valence-electron chi connectivity index (χ2n) is 3.42. The third-order valence-electron chi connectivity index (χ3n) is 2.52. The lowest BCUT2D eigenvalue weighted by Crippen LogP contribution is -2.29. The van der Waals surface area contributed by atoms with Gasteiger partial charge >= 0.3 is 0 Å². The van der Waals surface area contributed by atoms with Gasteiger partial charge in [-0.1, -0.05) is 6.92 Å². The highest BCUT2D eigenvalue weighted by Crippen LogP contribution is 2.27. The first-order valence-corrected chi connectivity index (χ1v) is 5.41. The molecule has 1 aromatic rings. The van der Waals surface area contributed by atoms with Crippen LogP contribution in [0.1, 0.15) is 22.2 Å². The number of hydrogen-bond donors (Lipinski definition) is 0. The summed E-state index contributed by atoms with van der Waals surface area (Å²) in [5, 5.41) is 0. The van der Waals surface area contributed by atoms with Crippen molar-refractivity contribution in [3.63, 3.8) is 0 Å². The number of likely N-dealkylation sites (N-methyl/N-ethyl adjacent to an activating group) is 1. The van der Waals surface area contributed by atoms with E-state index in [2.05, 4.69) is 24.8 Å². The van der Waals surface area contributed by atoms with Crippen LogP contribution in [0.2, 0.25) is 0 Å². The zero-order valence-corrected chi connectivity index (χ0v) is 11.3. The van der Waals surface area contributed by atoms with E-state index in [0.29, 0.717) is 0 Å². The fourth-order valence-corrected chi connectivity index (χ4v) is 2.85. The van der Waals surface area contributed by atoms with Crippen LogP contribution in [0.4, 0.5) is 0 Å². The minimum Gasteiger partial charge on any atom is -0.299 e. The Morgan fingerprint density at radius 2 is 2.31 bits per heavy atom. The summed E-state index contributed by atoms with van der Waals surface area (Å²) in [6.07, 6.45) is 1.27. The highest BCUT2D eigenvalue weighted by atomic mass is 127. The summed E-state index contributed by atoms with van der Waals surface area (Å²) in [6.45, 7) is 8.07. The quantitative estimate of drug-likeness (QED) is 0.721. The van der Waals surface area contributed by atoms with Gasteiger partial charge in [0.1, 0.15) is 0 Å². The molecule has 74 valence electrons. The van der Waals surface area contributed by atoms with Gasteiger partial charge in [-0.15, -0.1) is 35.3 Å². The Hall–Kier alpha value is 0.390. The standard InChI is InChI=1S/C10H15NS.HI/c1-3-11-5-4-10-9(7-11)6-8(2)12-10;/h6H,3-5,7H2,1-2H3;1H. The number of rotatable bonds is 1. The van der Waals surface area contributed by atoms with Crippen LogP contribution in [-0.2, 0) is 13.0 Å². The summed E-state index contributed by atoms with van der Waals surface area (Å²) in [6, 6.07) is 2.35. The summed E-state index contributed by atoms with van der Waals surface area (Å²) in [4.78, 5) is 5.60. The van der Waals surface area contributed by atoms with Crippen LogP contribution in [0.15, 0.2) is 6.07 Å². The third kappa shape index (κ3) is 2.44. The van der Waals surface area contributed by atoms with E-state index in [1.807, 2.05) is 11.3 Å². The molecule has 0 saturated carbocycles. The van der Waals surface area contributed by atoms with Gasteiger partial charge in [0.2, 0.25) is 0 Å². The Labute approximate surface area is 101 Å². The van der Waals surface area contributed by atoms with Gasteiger partial charge in [0.05, 0.1) is 0 Å². The highest BCUT2D eigenvalue weighted by Gasteiger charge is 2.16. The molecule has 0 fully saturated rings. The minimum atomic E-state index is 0. The number of aryl methyl sites for hydroxylation is 1. The molecule has 0 atom stereocenters. The van der Waals surface area contributed by atoms with Crippen LogP contribution in [-0.4, -0.2) is 18.0 Å². The van der Waals surface area contributed by atoms with Crippen LogP contribution in [0.25, 0.3) is 0 Å². The van der Waals surface area contributed by atoms with Gasteiger partial charge in [-0.05, 0) is 31.5 Å². The Bertz CT molecular complexity index is 282. The zero-order valence-electron chi connectivity index (χ0n) is 8.17. The van der Waals surface area contributed by atoms with Crippen LogP contribution < -0.4 is 0 Å². The number of fused-ring (bicyclic) bond motifs is 1. The van der Waals surface area contributed by atoms with Gasteiger partial charge in [0, 0.05) is 22.8 Å². The molecule has 13 heavy (non-hydrogen) atoms. The molecule has 1 aromatic heterocycles. The molecule has 1 aliphatic rings. The van der Waals surface area contributed by atoms with Gasteiger partial charge in [0.15, 0.2) is 0 Å². The van der Waals surface area contributed by atoms with E-state index in [-0.39, 0.29) is 24.0 Å². The average molecular weight is 309 g/mol. The van der Waals surface area contributed by atoms with Crippen molar-refractivity contribution in [3.05, 3.63) is 21.4 Å². The van der Waals surface area contributed by atoms with E-state index in [4.69, 9.17) is 0 Å².